The van der Waals surface area contributed by atoms with Gasteiger partial charge < -0.3 is 8.91 Å². The van der Waals surface area contributed by atoms with E-state index in [4.69, 9.17) is 0 Å². The molecule has 2 heterocycles. The van der Waals surface area contributed by atoms with Gasteiger partial charge in [-0.25, -0.2) is 0 Å². The molecule has 0 spiro atoms. The Morgan fingerprint density at radius 3 is 2.72 bits per heavy atom. The Labute approximate surface area is 114 Å². The molecule has 4 rings (SSSR count). The molecule has 0 unspecified atom stereocenters. The first-order valence-corrected chi connectivity index (χ1v) is 6.68. The summed E-state index contributed by atoms with van der Waals surface area (Å²) in [7, 11) is 0. The van der Waals surface area contributed by atoms with E-state index in [-0.39, 0.29) is 0 Å². The number of para-hydroxylation sites is 2. The molecule has 0 saturated carbocycles. The molecule has 18 heavy (non-hydrogen) atoms. The summed E-state index contributed by atoms with van der Waals surface area (Å²) >= 11 is 3.65. The zero-order chi connectivity index (χ0) is 12.1. The third kappa shape index (κ3) is 1.28. The van der Waals surface area contributed by atoms with Crippen molar-refractivity contribution >= 4 is 32.7 Å². The molecule has 3 aromatic rings. The second kappa shape index (κ2) is 3.62. The second-order valence-corrected chi connectivity index (χ2v) is 5.42. The Hall–Kier alpha value is -1.74. The largest absolute Gasteiger partial charge is 0.354 e. The van der Waals surface area contributed by atoms with Crippen molar-refractivity contribution in [3.63, 3.8) is 0 Å². The van der Waals surface area contributed by atoms with Crippen molar-refractivity contribution in [1.82, 2.24) is 4.98 Å². The summed E-state index contributed by atoms with van der Waals surface area (Å²) in [6.07, 6.45) is 0. The van der Waals surface area contributed by atoms with E-state index in [2.05, 4.69) is 73.6 Å². The van der Waals surface area contributed by atoms with Crippen LogP contribution in [-0.2, 0) is 6.54 Å². The van der Waals surface area contributed by atoms with Crippen LogP contribution in [-0.4, -0.2) is 4.98 Å². The minimum absolute atomic E-state index is 0.885. The average Bonchev–Trinajstić information content (AvgIpc) is 2.78. The van der Waals surface area contributed by atoms with Crippen LogP contribution in [0.1, 0.15) is 5.56 Å². The summed E-state index contributed by atoms with van der Waals surface area (Å²) in [5.74, 6) is 0. The Balaban J connectivity index is 2.10. The van der Waals surface area contributed by atoms with Crippen molar-refractivity contribution in [2.24, 2.45) is 0 Å². The molecule has 1 aromatic heterocycles. The summed E-state index contributed by atoms with van der Waals surface area (Å²) in [6, 6.07) is 16.9. The molecular weight excluding hydrogens is 288 g/mol. The van der Waals surface area contributed by atoms with E-state index in [0.717, 1.165) is 6.54 Å². The fourth-order valence-corrected chi connectivity index (χ4v) is 3.27. The van der Waals surface area contributed by atoms with Crippen LogP contribution in [0.2, 0.25) is 0 Å². The van der Waals surface area contributed by atoms with Crippen LogP contribution in [0, 0.1) is 0 Å². The summed E-state index contributed by atoms with van der Waals surface area (Å²) in [6.45, 7) is 0.885. The van der Waals surface area contributed by atoms with Gasteiger partial charge in [-0.2, -0.15) is 0 Å². The molecule has 1 N–H and O–H groups in total. The van der Waals surface area contributed by atoms with Gasteiger partial charge in [0.05, 0.1) is 17.9 Å². The lowest BCUT2D eigenvalue weighted by molar-refractivity contribution is 1.06. The number of fused-ring (bicyclic) bond motifs is 5. The Bertz CT molecular complexity index is 745. The van der Waals surface area contributed by atoms with Crippen molar-refractivity contribution < 1.29 is 0 Å². The highest BCUT2D eigenvalue weighted by atomic mass is 79.9. The van der Waals surface area contributed by atoms with Gasteiger partial charge >= 0.3 is 0 Å². The van der Waals surface area contributed by atoms with Gasteiger partial charge in [-0.1, -0.05) is 36.4 Å². The van der Waals surface area contributed by atoms with Gasteiger partial charge in [0, 0.05) is 38.2 Å². The van der Waals surface area contributed by atoms with Crippen molar-refractivity contribution in [2.45, 2.75) is 6.54 Å². The number of anilines is 1. The van der Waals surface area contributed by atoms with Crippen molar-refractivity contribution in [3.05, 3.63) is 54.1 Å². The van der Waals surface area contributed by atoms with E-state index in [9.17, 15) is 0 Å². The number of aromatic nitrogens is 1. The maximum absolute atomic E-state index is 3.65. The summed E-state index contributed by atoms with van der Waals surface area (Å²) < 4.78 is 2.13. The molecule has 0 radical (unpaired) electrons. The number of aromatic amines is 1. The standard InChI is InChI=1S/C15H11BrN2/c16-18-9-12-10-5-1-3-7-13(10)17-15(12)11-6-2-4-8-14(11)18/h1-8,17H,9H2. The number of benzene rings is 2. The SMILES string of the molecule is BrN1Cc2c([nH]c3ccccc23)-c2ccccc21. The summed E-state index contributed by atoms with van der Waals surface area (Å²) in [4.78, 5) is 3.55. The number of halogens is 1. The van der Waals surface area contributed by atoms with Crippen molar-refractivity contribution in [2.75, 3.05) is 3.93 Å². The maximum Gasteiger partial charge on any atom is 0.0574 e. The van der Waals surface area contributed by atoms with Crippen LogP contribution < -0.4 is 3.93 Å². The smallest absolute Gasteiger partial charge is 0.0574 e. The topological polar surface area (TPSA) is 19.0 Å². The molecule has 2 nitrogen and oxygen atoms in total. The Morgan fingerprint density at radius 1 is 1.00 bits per heavy atom. The molecule has 0 aliphatic carbocycles. The molecule has 88 valence electrons. The number of rotatable bonds is 0. The zero-order valence-electron chi connectivity index (χ0n) is 9.65. The molecule has 0 fully saturated rings. The molecule has 0 bridgehead atoms. The van der Waals surface area contributed by atoms with Gasteiger partial charge in [0.25, 0.3) is 0 Å². The van der Waals surface area contributed by atoms with Crippen LogP contribution in [0.3, 0.4) is 0 Å². The normalized spacial score (nSPS) is 13.5. The zero-order valence-corrected chi connectivity index (χ0v) is 11.2. The third-order valence-electron chi connectivity index (χ3n) is 3.55. The van der Waals surface area contributed by atoms with Gasteiger partial charge in [-0.3, -0.25) is 0 Å². The van der Waals surface area contributed by atoms with Crippen LogP contribution in [0.5, 0.6) is 0 Å². The molecule has 1 aliphatic heterocycles. The highest BCUT2D eigenvalue weighted by molar-refractivity contribution is 9.10. The van der Waals surface area contributed by atoms with Crippen molar-refractivity contribution in [3.8, 4) is 11.3 Å². The third-order valence-corrected chi connectivity index (χ3v) is 4.18. The predicted octanol–water partition coefficient (Wildman–Crippen LogP) is 4.46. The van der Waals surface area contributed by atoms with E-state index >= 15 is 0 Å². The van der Waals surface area contributed by atoms with E-state index < -0.39 is 0 Å². The average molecular weight is 299 g/mol. The number of nitrogens with one attached hydrogen (secondary N) is 1. The lowest BCUT2D eigenvalue weighted by Crippen LogP contribution is -2.14. The quantitative estimate of drug-likeness (QED) is 0.607. The first-order chi connectivity index (χ1) is 8.84. The minimum atomic E-state index is 0.885. The van der Waals surface area contributed by atoms with E-state index in [1.165, 1.54) is 33.4 Å². The number of hydrogen-bond donors (Lipinski definition) is 1. The van der Waals surface area contributed by atoms with E-state index in [1.54, 1.807) is 0 Å². The lowest BCUT2D eigenvalue weighted by atomic mass is 10.00. The first kappa shape index (κ1) is 10.2. The summed E-state index contributed by atoms with van der Waals surface area (Å²) in [5.41, 5.74) is 6.30. The monoisotopic (exact) mass is 298 g/mol. The highest BCUT2D eigenvalue weighted by Crippen LogP contribution is 2.42. The molecule has 0 amide bonds. The van der Waals surface area contributed by atoms with Crippen LogP contribution >= 0.6 is 16.1 Å². The molecular formula is C15H11BrN2. The lowest BCUT2D eigenvalue weighted by Gasteiger charge is -2.25. The predicted molar refractivity (Wildman–Crippen MR) is 78.8 cm³/mol. The number of hydrogen-bond acceptors (Lipinski definition) is 1. The fourth-order valence-electron chi connectivity index (χ4n) is 2.71. The highest BCUT2D eigenvalue weighted by Gasteiger charge is 2.23. The van der Waals surface area contributed by atoms with Crippen molar-refractivity contribution in [1.29, 1.82) is 0 Å². The molecule has 0 saturated heterocycles. The van der Waals surface area contributed by atoms with Gasteiger partial charge in [0.2, 0.25) is 0 Å². The Morgan fingerprint density at radius 2 is 1.78 bits per heavy atom. The molecule has 2 aromatic carbocycles. The van der Waals surface area contributed by atoms with Crippen LogP contribution in [0.15, 0.2) is 48.5 Å². The number of nitrogens with zero attached hydrogens (tertiary/aromatic N) is 1. The van der Waals surface area contributed by atoms with E-state index in [1.807, 2.05) is 0 Å². The first-order valence-electron chi connectivity index (χ1n) is 5.97. The number of H-pyrrole nitrogens is 1. The molecule has 1 aliphatic rings. The minimum Gasteiger partial charge on any atom is -0.354 e. The summed E-state index contributed by atoms with van der Waals surface area (Å²) in [5, 5.41) is 1.31. The fraction of sp³-hybridized carbons (Fsp3) is 0.0667. The van der Waals surface area contributed by atoms with Gasteiger partial charge in [0.1, 0.15) is 0 Å². The van der Waals surface area contributed by atoms with Crippen LogP contribution in [0.4, 0.5) is 5.69 Å². The van der Waals surface area contributed by atoms with Gasteiger partial charge in [0.15, 0.2) is 0 Å². The van der Waals surface area contributed by atoms with Gasteiger partial charge in [-0.15, -0.1) is 0 Å². The van der Waals surface area contributed by atoms with E-state index in [0.29, 0.717) is 0 Å². The van der Waals surface area contributed by atoms with Crippen LogP contribution in [0.25, 0.3) is 22.2 Å². The maximum atomic E-state index is 3.65. The Kier molecular flexibility index (Phi) is 2.06. The molecule has 0 atom stereocenters. The second-order valence-electron chi connectivity index (χ2n) is 4.56. The molecule has 3 heteroatoms. The van der Waals surface area contributed by atoms with Gasteiger partial charge in [-0.05, 0) is 12.1 Å².